The van der Waals surface area contributed by atoms with Crippen LogP contribution in [-0.4, -0.2) is 48.4 Å². The second kappa shape index (κ2) is 11.1. The van der Waals surface area contributed by atoms with E-state index >= 15 is 0 Å². The van der Waals surface area contributed by atoms with Crippen LogP contribution in [0.2, 0.25) is 0 Å². The smallest absolute Gasteiger partial charge is 0.318 e. The van der Waals surface area contributed by atoms with Crippen molar-refractivity contribution in [2.45, 2.75) is 45.6 Å². The third-order valence-electron chi connectivity index (χ3n) is 3.97. The van der Waals surface area contributed by atoms with Gasteiger partial charge in [0, 0.05) is 38.3 Å². The van der Waals surface area contributed by atoms with Gasteiger partial charge in [-0.05, 0) is 74.0 Å². The normalized spacial score (nSPS) is 31.3. The Labute approximate surface area is 216 Å². The molecule has 0 bridgehead atoms. The van der Waals surface area contributed by atoms with Gasteiger partial charge in [-0.25, -0.2) is 9.18 Å². The topological polar surface area (TPSA) is 44.8 Å². The maximum Gasteiger partial charge on any atom is 0.318 e. The molecule has 0 saturated carbocycles. The number of urea groups is 1. The first-order valence-electron chi connectivity index (χ1n) is 20.0. The van der Waals surface area contributed by atoms with E-state index < -0.39 is 125 Å². The summed E-state index contributed by atoms with van der Waals surface area (Å²) in [6, 6.07) is -4.11. The number of nitrogens with one attached hydrogen (secondary N) is 1. The summed E-state index contributed by atoms with van der Waals surface area (Å²) >= 11 is 0. The molecule has 1 N–H and O–H groups in total. The van der Waals surface area contributed by atoms with Gasteiger partial charge in [-0.3, -0.25) is 0 Å². The number of amides is 2. The van der Waals surface area contributed by atoms with Crippen LogP contribution < -0.4 is 10.1 Å². The highest BCUT2D eigenvalue weighted by Crippen LogP contribution is 2.19. The van der Waals surface area contributed by atoms with Crippen molar-refractivity contribution in [1.29, 1.82) is 0 Å². The van der Waals surface area contributed by atoms with Gasteiger partial charge in [-0.2, -0.15) is 0 Å². The Bertz CT molecular complexity index is 1630. The minimum absolute atomic E-state index is 0.0235. The van der Waals surface area contributed by atoms with Gasteiger partial charge >= 0.3 is 6.03 Å². The lowest BCUT2D eigenvalue weighted by molar-refractivity contribution is 0.127. The van der Waals surface area contributed by atoms with Gasteiger partial charge in [0.25, 0.3) is 0 Å². The molecule has 168 valence electrons. The summed E-state index contributed by atoms with van der Waals surface area (Å²) in [5.41, 5.74) is -1.04. The molecular weight excluding hydrogens is 393 g/mol. The second-order valence-corrected chi connectivity index (χ2v) is 6.25. The molecule has 1 saturated heterocycles. The van der Waals surface area contributed by atoms with Crippen LogP contribution >= 0.6 is 0 Å². The predicted molar refractivity (Wildman–Crippen MR) is 121 cm³/mol. The number of benzene rings is 2. The van der Waals surface area contributed by atoms with Crippen LogP contribution in [0.25, 0.3) is 0 Å². The summed E-state index contributed by atoms with van der Waals surface area (Å²) in [6.07, 6.45) is -1.92. The van der Waals surface area contributed by atoms with E-state index in [1.54, 1.807) is 0 Å². The first kappa shape index (κ1) is 7.77. The van der Waals surface area contributed by atoms with Crippen molar-refractivity contribution in [3.8, 4) is 5.75 Å². The lowest BCUT2D eigenvalue weighted by Gasteiger charge is -2.37. The minimum atomic E-state index is -4.00. The monoisotopic (exact) mass is 449 g/mol. The van der Waals surface area contributed by atoms with Gasteiger partial charge in [0.05, 0.1) is 17.5 Å². The third kappa shape index (κ3) is 7.24. The number of likely N-dealkylation sites (tertiary alicyclic amines) is 1. The van der Waals surface area contributed by atoms with Crippen LogP contribution in [-0.2, 0) is 13.0 Å². The first-order valence-corrected chi connectivity index (χ1v) is 8.98. The summed E-state index contributed by atoms with van der Waals surface area (Å²) in [5, 5.41) is 2.15. The van der Waals surface area contributed by atoms with Crippen molar-refractivity contribution in [2.24, 2.45) is 5.89 Å². The number of piperidine rings is 1. The van der Waals surface area contributed by atoms with E-state index in [9.17, 15) is 9.18 Å². The molecule has 1 aliphatic rings. The second-order valence-electron chi connectivity index (χ2n) is 6.25. The van der Waals surface area contributed by atoms with Crippen molar-refractivity contribution < 1.29 is 44.1 Å². The van der Waals surface area contributed by atoms with E-state index in [-0.39, 0.29) is 10.5 Å². The first-order chi connectivity index (χ1) is 23.6. The summed E-state index contributed by atoms with van der Waals surface area (Å²) in [4.78, 5) is 14.2. The SMILES string of the molecule is [2H]c1c([2H])c(OC([2H])([2H])C([2H])(C([2H])([2H])[2H])C([2H])([2H])[2H])c([2H])c([2H])c1CNC(=O)N(C1CC([2H])([2H])N(C([2H])([2H])[2H])C([2H])([2H])C1)C([2H])([2H])c1ccc(F)cc1. The van der Waals surface area contributed by atoms with Gasteiger partial charge in [0.1, 0.15) is 11.6 Å². The number of halogens is 1. The Kier molecular flexibility index (Phi) is 2.79. The fraction of sp³-hybridized carbons (Fsp3) is 0.480. The number of carbonyl (C=O) groups is 1. The Morgan fingerprint density at radius 2 is 2.03 bits per heavy atom. The molecule has 1 heterocycles. The number of hydrogen-bond donors (Lipinski definition) is 1. The van der Waals surface area contributed by atoms with Crippen LogP contribution in [0, 0.1) is 11.7 Å². The van der Waals surface area contributed by atoms with Crippen LogP contribution in [0.4, 0.5) is 9.18 Å². The zero-order valence-electron chi connectivity index (χ0n) is 38.1. The van der Waals surface area contributed by atoms with Crippen molar-refractivity contribution in [3.63, 3.8) is 0 Å². The van der Waals surface area contributed by atoms with Gasteiger partial charge < -0.3 is 19.9 Å². The molecule has 1 aliphatic heterocycles. The zero-order chi connectivity index (χ0) is 41.3. The van der Waals surface area contributed by atoms with Gasteiger partial charge in [0.2, 0.25) is 0 Å². The molecule has 3 rings (SSSR count). The molecule has 0 spiro atoms. The van der Waals surface area contributed by atoms with Gasteiger partial charge in [0.15, 0.2) is 0 Å². The quantitative estimate of drug-likeness (QED) is 0.637. The van der Waals surface area contributed by atoms with Crippen LogP contribution in [0.5, 0.6) is 5.75 Å². The van der Waals surface area contributed by atoms with Crippen molar-refractivity contribution in [3.05, 3.63) is 65.4 Å². The van der Waals surface area contributed by atoms with E-state index in [1.807, 2.05) is 0 Å². The Hall–Kier alpha value is -2.60. The highest BCUT2D eigenvalue weighted by molar-refractivity contribution is 5.74. The number of carbonyl (C=O) groups excluding carboxylic acids is 1. The molecule has 1 fully saturated rings. The number of nitrogens with zero attached hydrogens (tertiary/aromatic N) is 2. The summed E-state index contributed by atoms with van der Waals surface area (Å²) < 4.78 is 196. The highest BCUT2D eigenvalue weighted by atomic mass is 19.1. The number of hydrogen-bond acceptors (Lipinski definition) is 3. The molecule has 0 radical (unpaired) electrons. The summed E-state index contributed by atoms with van der Waals surface area (Å²) in [5.74, 6) is -6.08. The van der Waals surface area contributed by atoms with Crippen molar-refractivity contribution in [2.75, 3.05) is 26.5 Å². The predicted octanol–water partition coefficient (Wildman–Crippen LogP) is 4.67. The molecule has 2 aromatic carbocycles. The molecule has 0 unspecified atom stereocenters. The number of rotatable bonds is 8. The summed E-state index contributed by atoms with van der Waals surface area (Å²) in [6.45, 7) is -25.0. The molecule has 5 nitrogen and oxygen atoms in total. The van der Waals surface area contributed by atoms with Gasteiger partial charge in [-0.15, -0.1) is 0 Å². The standard InChI is InChI=1S/C25H34FN3O2/c1-19(2)18-31-24-10-6-20(7-11-24)16-27-25(30)29(23-12-14-28(3)15-13-23)17-21-4-8-22(26)9-5-21/h4-11,19,23H,12-18H2,1-3H3,(H,27,30)/i1D3,2D3,3D3,6D,7D,10D,11D,14D2,15D2,17D2,18D2,19D. The minimum Gasteiger partial charge on any atom is -0.493 e. The zero-order valence-corrected chi connectivity index (χ0v) is 16.1. The lowest BCUT2D eigenvalue weighted by Crippen LogP contribution is -2.49. The number of ether oxygens (including phenoxy) is 1. The van der Waals surface area contributed by atoms with E-state index in [2.05, 4.69) is 5.32 Å². The van der Waals surface area contributed by atoms with Crippen molar-refractivity contribution >= 4 is 6.03 Å². The average molecular weight is 450 g/mol. The van der Waals surface area contributed by atoms with E-state index in [0.717, 1.165) is 24.3 Å². The van der Waals surface area contributed by atoms with Gasteiger partial charge in [-0.1, -0.05) is 37.9 Å². The van der Waals surface area contributed by atoms with E-state index in [1.165, 1.54) is 0 Å². The molecule has 2 aromatic rings. The van der Waals surface area contributed by atoms with Crippen molar-refractivity contribution in [1.82, 2.24) is 15.1 Å². The molecule has 0 aliphatic carbocycles. The summed E-state index contributed by atoms with van der Waals surface area (Å²) in [7, 11) is 0. The maximum absolute atomic E-state index is 13.9. The molecule has 0 aromatic heterocycles. The third-order valence-corrected chi connectivity index (χ3v) is 3.97. The Balaban J connectivity index is 2.08. The molecular formula is C25H34FN3O2. The lowest BCUT2D eigenvalue weighted by atomic mass is 10.0. The van der Waals surface area contributed by atoms with Crippen LogP contribution in [0.1, 0.15) is 67.8 Å². The molecule has 6 heteroatoms. The average Bonchev–Trinajstić information content (AvgIpc) is 2.94. The highest BCUT2D eigenvalue weighted by Gasteiger charge is 2.27. The fourth-order valence-corrected chi connectivity index (χ4v) is 2.49. The largest absolute Gasteiger partial charge is 0.493 e. The van der Waals surface area contributed by atoms with Crippen LogP contribution in [0.3, 0.4) is 0 Å². The van der Waals surface area contributed by atoms with E-state index in [0.29, 0.717) is 4.90 Å². The van der Waals surface area contributed by atoms with Crippen LogP contribution in [0.15, 0.2) is 48.4 Å². The maximum atomic E-state index is 13.9. The molecule has 31 heavy (non-hydrogen) atoms. The Morgan fingerprint density at radius 1 is 1.32 bits per heavy atom. The Morgan fingerprint density at radius 3 is 2.68 bits per heavy atom. The fourth-order valence-electron chi connectivity index (χ4n) is 2.49. The van der Waals surface area contributed by atoms with E-state index in [4.69, 9.17) is 34.9 Å². The molecule has 0 atom stereocenters. The molecule has 2 amide bonds.